The minimum atomic E-state index is 0.0991. The second kappa shape index (κ2) is 4.53. The maximum atomic E-state index is 8.83. The van der Waals surface area contributed by atoms with Crippen LogP contribution in [0.1, 0.15) is 5.56 Å². The zero-order valence-corrected chi connectivity index (χ0v) is 9.17. The van der Waals surface area contributed by atoms with Crippen molar-refractivity contribution in [2.45, 2.75) is 6.92 Å². The van der Waals surface area contributed by atoms with Gasteiger partial charge in [-0.2, -0.15) is 0 Å². The van der Waals surface area contributed by atoms with Crippen molar-refractivity contribution >= 4 is 23.0 Å². The van der Waals surface area contributed by atoms with Crippen molar-refractivity contribution < 1.29 is 5.11 Å². The number of benzene rings is 1. The van der Waals surface area contributed by atoms with Gasteiger partial charge in [0, 0.05) is 18.6 Å². The van der Waals surface area contributed by atoms with Gasteiger partial charge in [0.25, 0.3) is 0 Å². The number of rotatable bonds is 3. The molecule has 0 unspecified atom stereocenters. The number of anilines is 2. The highest BCUT2D eigenvalue weighted by Crippen LogP contribution is 2.31. The SMILES string of the molecule is Cc1c(Cl)ccc(N)c1N(C)CCO. The Labute approximate surface area is 89.1 Å². The molecule has 0 spiro atoms. The third-order valence-electron chi connectivity index (χ3n) is 2.21. The van der Waals surface area contributed by atoms with E-state index in [1.165, 1.54) is 0 Å². The molecule has 0 amide bonds. The first-order chi connectivity index (χ1) is 6.57. The number of aliphatic hydroxyl groups is 1. The summed E-state index contributed by atoms with van der Waals surface area (Å²) < 4.78 is 0. The second-order valence-corrected chi connectivity index (χ2v) is 3.66. The average Bonchev–Trinajstić information content (AvgIpc) is 2.13. The Kier molecular flexibility index (Phi) is 3.61. The Balaban J connectivity index is 3.11. The maximum absolute atomic E-state index is 8.83. The lowest BCUT2D eigenvalue weighted by molar-refractivity contribution is 0.304. The Morgan fingerprint density at radius 3 is 2.71 bits per heavy atom. The van der Waals surface area contributed by atoms with Crippen molar-refractivity contribution in [2.24, 2.45) is 0 Å². The van der Waals surface area contributed by atoms with Gasteiger partial charge in [0.05, 0.1) is 18.0 Å². The van der Waals surface area contributed by atoms with Crippen LogP contribution in [-0.4, -0.2) is 25.3 Å². The largest absolute Gasteiger partial charge is 0.397 e. The summed E-state index contributed by atoms with van der Waals surface area (Å²) in [4.78, 5) is 1.90. The smallest absolute Gasteiger partial charge is 0.0642 e. The fourth-order valence-corrected chi connectivity index (χ4v) is 1.62. The van der Waals surface area contributed by atoms with E-state index in [1.807, 2.05) is 18.9 Å². The molecule has 0 heterocycles. The minimum absolute atomic E-state index is 0.0991. The van der Waals surface area contributed by atoms with E-state index in [1.54, 1.807) is 12.1 Å². The lowest BCUT2D eigenvalue weighted by Crippen LogP contribution is -2.23. The van der Waals surface area contributed by atoms with Gasteiger partial charge in [0.1, 0.15) is 0 Å². The van der Waals surface area contributed by atoms with Gasteiger partial charge >= 0.3 is 0 Å². The average molecular weight is 215 g/mol. The van der Waals surface area contributed by atoms with Gasteiger partial charge in [-0.25, -0.2) is 0 Å². The Bertz CT molecular complexity index is 328. The fraction of sp³-hybridized carbons (Fsp3) is 0.400. The van der Waals surface area contributed by atoms with E-state index in [0.29, 0.717) is 17.3 Å². The number of aliphatic hydroxyl groups excluding tert-OH is 1. The number of nitrogen functional groups attached to an aromatic ring is 1. The quantitative estimate of drug-likeness (QED) is 0.753. The first-order valence-corrected chi connectivity index (χ1v) is 4.82. The van der Waals surface area contributed by atoms with Crippen LogP contribution in [0, 0.1) is 6.92 Å². The summed E-state index contributed by atoms with van der Waals surface area (Å²) in [6.45, 7) is 2.56. The van der Waals surface area contributed by atoms with E-state index < -0.39 is 0 Å². The van der Waals surface area contributed by atoms with Crippen molar-refractivity contribution in [1.82, 2.24) is 0 Å². The first-order valence-electron chi connectivity index (χ1n) is 4.44. The van der Waals surface area contributed by atoms with E-state index in [9.17, 15) is 0 Å². The van der Waals surface area contributed by atoms with Crippen LogP contribution in [0.2, 0.25) is 5.02 Å². The molecule has 4 heteroatoms. The third-order valence-corrected chi connectivity index (χ3v) is 2.62. The predicted molar refractivity (Wildman–Crippen MR) is 61.0 cm³/mol. The first kappa shape index (κ1) is 11.1. The molecule has 1 aromatic rings. The normalized spacial score (nSPS) is 10.3. The molecule has 0 aliphatic carbocycles. The van der Waals surface area contributed by atoms with Crippen LogP contribution >= 0.6 is 11.6 Å². The topological polar surface area (TPSA) is 49.5 Å². The van der Waals surface area contributed by atoms with E-state index in [0.717, 1.165) is 11.3 Å². The molecule has 0 aliphatic heterocycles. The fourth-order valence-electron chi connectivity index (χ4n) is 1.46. The summed E-state index contributed by atoms with van der Waals surface area (Å²) in [6, 6.07) is 3.56. The lowest BCUT2D eigenvalue weighted by Gasteiger charge is -2.22. The number of hydrogen-bond donors (Lipinski definition) is 2. The van der Waals surface area contributed by atoms with Crippen LogP contribution in [0.15, 0.2) is 12.1 Å². The van der Waals surface area contributed by atoms with Gasteiger partial charge in [-0.1, -0.05) is 11.6 Å². The zero-order valence-electron chi connectivity index (χ0n) is 8.42. The summed E-state index contributed by atoms with van der Waals surface area (Å²) in [5, 5.41) is 9.53. The van der Waals surface area contributed by atoms with Gasteiger partial charge in [-0.15, -0.1) is 0 Å². The van der Waals surface area contributed by atoms with Gasteiger partial charge < -0.3 is 15.7 Å². The molecule has 14 heavy (non-hydrogen) atoms. The highest BCUT2D eigenvalue weighted by molar-refractivity contribution is 6.31. The molecular formula is C10H15ClN2O. The van der Waals surface area contributed by atoms with Crippen molar-refractivity contribution in [3.63, 3.8) is 0 Å². The monoisotopic (exact) mass is 214 g/mol. The van der Waals surface area contributed by atoms with E-state index in [-0.39, 0.29) is 6.61 Å². The Hall–Kier alpha value is -0.930. The standard InChI is InChI=1S/C10H15ClN2O/c1-7-8(11)3-4-9(12)10(7)13(2)5-6-14/h3-4,14H,5-6,12H2,1-2H3. The summed E-state index contributed by atoms with van der Waals surface area (Å²) >= 11 is 5.99. The Morgan fingerprint density at radius 1 is 1.50 bits per heavy atom. The van der Waals surface area contributed by atoms with Gasteiger partial charge in [-0.05, 0) is 24.6 Å². The van der Waals surface area contributed by atoms with Gasteiger partial charge in [0.15, 0.2) is 0 Å². The molecule has 3 N–H and O–H groups in total. The van der Waals surface area contributed by atoms with Crippen LogP contribution in [0.25, 0.3) is 0 Å². The van der Waals surface area contributed by atoms with E-state index in [2.05, 4.69) is 0 Å². The van der Waals surface area contributed by atoms with Gasteiger partial charge in [0.2, 0.25) is 0 Å². The van der Waals surface area contributed by atoms with Crippen LogP contribution in [0.5, 0.6) is 0 Å². The Morgan fingerprint density at radius 2 is 2.14 bits per heavy atom. The molecule has 0 bridgehead atoms. The summed E-state index contributed by atoms with van der Waals surface area (Å²) in [7, 11) is 1.88. The molecule has 0 atom stereocenters. The number of likely N-dealkylation sites (N-methyl/N-ethyl adjacent to an activating group) is 1. The summed E-state index contributed by atoms with van der Waals surface area (Å²) in [5.41, 5.74) is 8.36. The number of nitrogens with two attached hydrogens (primary N) is 1. The number of halogens is 1. The highest BCUT2D eigenvalue weighted by Gasteiger charge is 2.10. The van der Waals surface area contributed by atoms with Gasteiger partial charge in [-0.3, -0.25) is 0 Å². The van der Waals surface area contributed by atoms with Crippen LogP contribution in [0.4, 0.5) is 11.4 Å². The molecule has 0 radical (unpaired) electrons. The molecule has 1 rings (SSSR count). The molecule has 0 saturated carbocycles. The molecule has 3 nitrogen and oxygen atoms in total. The summed E-state index contributed by atoms with van der Waals surface area (Å²) in [5.74, 6) is 0. The molecule has 0 saturated heterocycles. The van der Waals surface area contributed by atoms with Crippen molar-refractivity contribution in [3.8, 4) is 0 Å². The molecule has 0 aromatic heterocycles. The van der Waals surface area contributed by atoms with Crippen LogP contribution in [0.3, 0.4) is 0 Å². The highest BCUT2D eigenvalue weighted by atomic mass is 35.5. The molecule has 78 valence electrons. The van der Waals surface area contributed by atoms with Crippen LogP contribution in [-0.2, 0) is 0 Å². The molecule has 0 fully saturated rings. The zero-order chi connectivity index (χ0) is 10.7. The second-order valence-electron chi connectivity index (χ2n) is 3.26. The lowest BCUT2D eigenvalue weighted by atomic mass is 10.1. The third kappa shape index (κ3) is 2.11. The van der Waals surface area contributed by atoms with Crippen LogP contribution < -0.4 is 10.6 Å². The number of hydrogen-bond acceptors (Lipinski definition) is 3. The van der Waals surface area contributed by atoms with Crippen molar-refractivity contribution in [1.29, 1.82) is 0 Å². The van der Waals surface area contributed by atoms with E-state index in [4.69, 9.17) is 22.4 Å². The minimum Gasteiger partial charge on any atom is -0.397 e. The molecule has 1 aromatic carbocycles. The molecular weight excluding hydrogens is 200 g/mol. The summed E-state index contributed by atoms with van der Waals surface area (Å²) in [6.07, 6.45) is 0. The number of nitrogens with zero attached hydrogens (tertiary/aromatic N) is 1. The van der Waals surface area contributed by atoms with Crippen molar-refractivity contribution in [2.75, 3.05) is 30.8 Å². The van der Waals surface area contributed by atoms with E-state index >= 15 is 0 Å². The van der Waals surface area contributed by atoms with Crippen molar-refractivity contribution in [3.05, 3.63) is 22.7 Å². The predicted octanol–water partition coefficient (Wildman–Crippen LogP) is 1.66. The maximum Gasteiger partial charge on any atom is 0.0642 e. The molecule has 0 aliphatic rings.